The van der Waals surface area contributed by atoms with Crippen molar-refractivity contribution in [2.75, 3.05) is 0 Å². The molecule has 2 atom stereocenters. The zero-order valence-corrected chi connectivity index (χ0v) is 14.7. The molecule has 0 amide bonds. The zero-order valence-electron chi connectivity index (χ0n) is 14.7. The minimum absolute atomic E-state index is 0.0971. The van der Waals surface area contributed by atoms with Gasteiger partial charge in [0.05, 0.1) is 6.10 Å². The van der Waals surface area contributed by atoms with Crippen LogP contribution in [0, 0.1) is 5.92 Å². The molecule has 1 heteroatoms. The Labute approximate surface area is 130 Å². The highest BCUT2D eigenvalue weighted by Gasteiger charge is 2.28. The van der Waals surface area contributed by atoms with Crippen LogP contribution in [0.5, 0.6) is 0 Å². The van der Waals surface area contributed by atoms with Crippen LogP contribution in [0.4, 0.5) is 0 Å². The van der Waals surface area contributed by atoms with Gasteiger partial charge in [0.1, 0.15) is 0 Å². The molecule has 1 aromatic rings. The summed E-state index contributed by atoms with van der Waals surface area (Å²) < 4.78 is 0. The third-order valence-corrected chi connectivity index (χ3v) is 4.88. The lowest BCUT2D eigenvalue weighted by Crippen LogP contribution is -2.21. The van der Waals surface area contributed by atoms with Crippen molar-refractivity contribution >= 4 is 0 Å². The highest BCUT2D eigenvalue weighted by atomic mass is 16.3. The first-order valence-electron chi connectivity index (χ1n) is 8.41. The summed E-state index contributed by atoms with van der Waals surface area (Å²) >= 11 is 0. The summed E-state index contributed by atoms with van der Waals surface area (Å²) in [7, 11) is 0. The second-order valence-corrected chi connectivity index (χ2v) is 8.83. The fraction of sp³-hybridized carbons (Fsp3) is 0.700. The predicted molar refractivity (Wildman–Crippen MR) is 90.9 cm³/mol. The van der Waals surface area contributed by atoms with Crippen LogP contribution < -0.4 is 0 Å². The topological polar surface area (TPSA) is 20.2 Å². The van der Waals surface area contributed by atoms with Crippen LogP contribution in [0.3, 0.4) is 0 Å². The van der Waals surface area contributed by atoms with E-state index in [4.69, 9.17) is 0 Å². The largest absolute Gasteiger partial charge is 0.393 e. The molecule has 0 heterocycles. The molecular weight excluding hydrogens is 256 g/mol. The standard InChI is InChI=1S/C20H32O/c1-19(2,3)16-11-10-14(17(13-16)20(4,5)6)12-15-8-7-9-18(15)21/h10-11,13,15,18,21H,7-9,12H2,1-6H3/t15-,18+/m1/s1. The Hall–Kier alpha value is -0.820. The number of hydrogen-bond acceptors (Lipinski definition) is 1. The molecule has 0 aliphatic heterocycles. The SMILES string of the molecule is CC(C)(C)c1ccc(C[C@H]2CCC[C@@H]2O)c(C(C)(C)C)c1. The van der Waals surface area contributed by atoms with E-state index in [2.05, 4.69) is 59.7 Å². The van der Waals surface area contributed by atoms with Gasteiger partial charge < -0.3 is 5.11 Å². The molecule has 1 fully saturated rings. The van der Waals surface area contributed by atoms with Crippen molar-refractivity contribution in [2.24, 2.45) is 5.92 Å². The lowest BCUT2D eigenvalue weighted by atomic mass is 9.77. The molecular formula is C20H32O. The molecule has 1 aliphatic carbocycles. The summed E-state index contributed by atoms with van der Waals surface area (Å²) in [5.41, 5.74) is 4.63. The lowest BCUT2D eigenvalue weighted by molar-refractivity contribution is 0.132. The summed E-state index contributed by atoms with van der Waals surface area (Å²) in [4.78, 5) is 0. The molecule has 0 aromatic heterocycles. The summed E-state index contributed by atoms with van der Waals surface area (Å²) in [6.07, 6.45) is 4.26. The molecule has 0 unspecified atom stereocenters. The fourth-order valence-corrected chi connectivity index (χ4v) is 3.46. The monoisotopic (exact) mass is 288 g/mol. The van der Waals surface area contributed by atoms with Gasteiger partial charge in [-0.2, -0.15) is 0 Å². The summed E-state index contributed by atoms with van der Waals surface area (Å²) in [5, 5.41) is 10.1. The van der Waals surface area contributed by atoms with Gasteiger partial charge in [-0.3, -0.25) is 0 Å². The van der Waals surface area contributed by atoms with Gasteiger partial charge in [0, 0.05) is 0 Å². The molecule has 0 radical (unpaired) electrons. The average Bonchev–Trinajstić information content (AvgIpc) is 2.73. The van der Waals surface area contributed by atoms with Gasteiger partial charge in [-0.05, 0) is 52.7 Å². The highest BCUT2D eigenvalue weighted by molar-refractivity contribution is 5.39. The lowest BCUT2D eigenvalue weighted by Gasteiger charge is -2.29. The average molecular weight is 288 g/mol. The number of rotatable bonds is 2. The van der Waals surface area contributed by atoms with E-state index in [1.165, 1.54) is 29.5 Å². The third-order valence-electron chi connectivity index (χ3n) is 4.88. The minimum atomic E-state index is -0.0971. The van der Waals surface area contributed by atoms with Crippen LogP contribution in [0.1, 0.15) is 77.5 Å². The van der Waals surface area contributed by atoms with E-state index in [9.17, 15) is 5.11 Å². The van der Waals surface area contributed by atoms with Crippen LogP contribution in [0.15, 0.2) is 18.2 Å². The first-order valence-corrected chi connectivity index (χ1v) is 8.41. The Balaban J connectivity index is 2.36. The predicted octanol–water partition coefficient (Wildman–Crippen LogP) is 4.99. The van der Waals surface area contributed by atoms with Gasteiger partial charge in [-0.25, -0.2) is 0 Å². The fourth-order valence-electron chi connectivity index (χ4n) is 3.46. The van der Waals surface area contributed by atoms with Crippen LogP contribution in [0.25, 0.3) is 0 Å². The molecule has 0 spiro atoms. The molecule has 1 N–H and O–H groups in total. The molecule has 0 bridgehead atoms. The van der Waals surface area contributed by atoms with E-state index in [0.29, 0.717) is 5.92 Å². The van der Waals surface area contributed by atoms with Crippen molar-refractivity contribution in [2.45, 2.75) is 84.2 Å². The maximum Gasteiger partial charge on any atom is 0.0571 e. The van der Waals surface area contributed by atoms with Crippen molar-refractivity contribution in [3.63, 3.8) is 0 Å². The second-order valence-electron chi connectivity index (χ2n) is 8.83. The quantitative estimate of drug-likeness (QED) is 0.813. The van der Waals surface area contributed by atoms with E-state index >= 15 is 0 Å². The van der Waals surface area contributed by atoms with E-state index in [-0.39, 0.29) is 16.9 Å². The van der Waals surface area contributed by atoms with Crippen molar-refractivity contribution in [1.29, 1.82) is 0 Å². The third kappa shape index (κ3) is 3.88. The van der Waals surface area contributed by atoms with Crippen molar-refractivity contribution in [3.8, 4) is 0 Å². The van der Waals surface area contributed by atoms with E-state index in [0.717, 1.165) is 12.8 Å². The Bertz CT molecular complexity index is 488. The molecule has 1 aromatic carbocycles. The Kier molecular flexibility index (Phi) is 4.54. The van der Waals surface area contributed by atoms with E-state index < -0.39 is 0 Å². The molecule has 21 heavy (non-hydrogen) atoms. The molecule has 1 nitrogen and oxygen atoms in total. The molecule has 118 valence electrons. The van der Waals surface area contributed by atoms with Crippen LogP contribution in [-0.4, -0.2) is 11.2 Å². The number of hydrogen-bond donors (Lipinski definition) is 1. The van der Waals surface area contributed by atoms with Crippen LogP contribution >= 0.6 is 0 Å². The smallest absolute Gasteiger partial charge is 0.0571 e. The first kappa shape index (κ1) is 16.5. The molecule has 1 saturated carbocycles. The van der Waals surface area contributed by atoms with Crippen molar-refractivity contribution < 1.29 is 5.11 Å². The summed E-state index contributed by atoms with van der Waals surface area (Å²) in [6.45, 7) is 13.7. The Morgan fingerprint density at radius 2 is 1.67 bits per heavy atom. The van der Waals surface area contributed by atoms with Crippen LogP contribution in [-0.2, 0) is 17.3 Å². The Morgan fingerprint density at radius 3 is 2.14 bits per heavy atom. The van der Waals surface area contributed by atoms with Gasteiger partial charge in [-0.15, -0.1) is 0 Å². The number of aliphatic hydroxyl groups is 1. The zero-order chi connectivity index (χ0) is 15.8. The second kappa shape index (κ2) is 5.76. The Morgan fingerprint density at radius 1 is 1.00 bits per heavy atom. The van der Waals surface area contributed by atoms with E-state index in [1.54, 1.807) is 0 Å². The summed E-state index contributed by atoms with van der Waals surface area (Å²) in [5.74, 6) is 0.451. The van der Waals surface area contributed by atoms with Crippen molar-refractivity contribution in [3.05, 3.63) is 34.9 Å². The highest BCUT2D eigenvalue weighted by Crippen LogP contribution is 2.35. The maximum atomic E-state index is 10.1. The van der Waals surface area contributed by atoms with Gasteiger partial charge in [0.25, 0.3) is 0 Å². The van der Waals surface area contributed by atoms with E-state index in [1.807, 2.05) is 0 Å². The molecule has 2 rings (SSSR count). The van der Waals surface area contributed by atoms with Crippen molar-refractivity contribution in [1.82, 2.24) is 0 Å². The summed E-state index contributed by atoms with van der Waals surface area (Å²) in [6, 6.07) is 6.99. The maximum absolute atomic E-state index is 10.1. The minimum Gasteiger partial charge on any atom is -0.393 e. The van der Waals surface area contributed by atoms with Gasteiger partial charge in [0.15, 0.2) is 0 Å². The van der Waals surface area contributed by atoms with Gasteiger partial charge in [-0.1, -0.05) is 66.2 Å². The van der Waals surface area contributed by atoms with Crippen LogP contribution in [0.2, 0.25) is 0 Å². The normalized spacial score (nSPS) is 23.6. The molecule has 1 aliphatic rings. The molecule has 0 saturated heterocycles. The van der Waals surface area contributed by atoms with Gasteiger partial charge >= 0.3 is 0 Å². The van der Waals surface area contributed by atoms with Gasteiger partial charge in [0.2, 0.25) is 0 Å². The number of benzene rings is 1. The first-order chi connectivity index (χ1) is 9.59. The number of aliphatic hydroxyl groups excluding tert-OH is 1.